The third-order valence-corrected chi connectivity index (χ3v) is 4.15. The maximum Gasteiger partial charge on any atom is 0.296 e. The Kier molecular flexibility index (Phi) is 3.21. The van der Waals surface area contributed by atoms with Crippen molar-refractivity contribution in [2.75, 3.05) is 26.7 Å². The minimum Gasteiger partial charge on any atom is -0.494 e. The Bertz CT molecular complexity index is 452. The van der Waals surface area contributed by atoms with Gasteiger partial charge in [-0.3, -0.25) is 25.1 Å². The first-order valence-electron chi connectivity index (χ1n) is 6.16. The van der Waals surface area contributed by atoms with Crippen molar-refractivity contribution < 1.29 is 14.6 Å². The highest BCUT2D eigenvalue weighted by Gasteiger charge is 2.66. The van der Waals surface area contributed by atoms with Crippen LogP contribution in [0.25, 0.3) is 0 Å². The van der Waals surface area contributed by atoms with Crippen molar-refractivity contribution in [3.05, 3.63) is 32.1 Å². The van der Waals surface area contributed by atoms with Gasteiger partial charge < -0.3 is 4.74 Å². The number of rotatable bonds is 4. The van der Waals surface area contributed by atoms with E-state index in [9.17, 15) is 20.2 Å². The molecule has 2 bridgehead atoms. The molecule has 19 heavy (non-hydrogen) atoms. The Morgan fingerprint density at radius 1 is 1.37 bits per heavy atom. The van der Waals surface area contributed by atoms with Crippen LogP contribution in [0.15, 0.2) is 11.8 Å². The van der Waals surface area contributed by atoms with Crippen LogP contribution in [0.3, 0.4) is 0 Å². The number of likely N-dealkylation sites (N-methyl/N-ethyl adjacent to an activating group) is 1. The van der Waals surface area contributed by atoms with Crippen molar-refractivity contribution in [2.45, 2.75) is 30.8 Å². The number of nitro groups is 2. The third-order valence-electron chi connectivity index (χ3n) is 4.15. The fourth-order valence-corrected chi connectivity index (χ4v) is 3.18. The van der Waals surface area contributed by atoms with Gasteiger partial charge in [0.2, 0.25) is 5.54 Å². The van der Waals surface area contributed by atoms with E-state index in [0.717, 1.165) is 0 Å². The minimum absolute atomic E-state index is 0.101. The molecule has 0 aromatic heterocycles. The van der Waals surface area contributed by atoms with Crippen LogP contribution in [-0.4, -0.2) is 52.6 Å². The number of hydrogen-bond acceptors (Lipinski definition) is 6. The van der Waals surface area contributed by atoms with Crippen LogP contribution in [0, 0.1) is 20.2 Å². The topological polar surface area (TPSA) is 98.8 Å². The highest BCUT2D eigenvalue weighted by atomic mass is 16.6. The monoisotopic (exact) mass is 271 g/mol. The fourth-order valence-electron chi connectivity index (χ4n) is 3.18. The van der Waals surface area contributed by atoms with E-state index >= 15 is 0 Å². The summed E-state index contributed by atoms with van der Waals surface area (Å²) in [5.74, 6) is 0.244. The second-order valence-electron chi connectivity index (χ2n) is 5.23. The van der Waals surface area contributed by atoms with Crippen LogP contribution in [-0.2, 0) is 4.74 Å². The predicted molar refractivity (Wildman–Crippen MR) is 65.9 cm³/mol. The predicted octanol–water partition coefficient (Wildman–Crippen LogP) is 0.677. The van der Waals surface area contributed by atoms with E-state index in [1.54, 1.807) is 4.90 Å². The van der Waals surface area contributed by atoms with Crippen molar-refractivity contribution in [3.63, 3.8) is 0 Å². The van der Waals surface area contributed by atoms with Crippen molar-refractivity contribution in [2.24, 2.45) is 0 Å². The lowest BCUT2D eigenvalue weighted by Gasteiger charge is -2.45. The first kappa shape index (κ1) is 13.7. The summed E-state index contributed by atoms with van der Waals surface area (Å²) < 4.78 is 5.13. The smallest absolute Gasteiger partial charge is 0.296 e. The Morgan fingerprint density at radius 2 is 2.05 bits per heavy atom. The zero-order valence-electron chi connectivity index (χ0n) is 11.0. The molecule has 0 aromatic rings. The second kappa shape index (κ2) is 4.44. The van der Waals surface area contributed by atoms with Crippen LogP contribution in [0.2, 0.25) is 0 Å². The highest BCUT2D eigenvalue weighted by Crippen LogP contribution is 2.44. The number of methoxy groups -OCH3 is 1. The largest absolute Gasteiger partial charge is 0.494 e. The zero-order chi connectivity index (χ0) is 14.3. The molecule has 1 saturated heterocycles. The standard InChI is InChI=1S/C11H17N3O5/c1-3-12-7-10(13(15)16)5-4-9(19-2)11(6-10,8-12)14(17)18/h4H,3,5-8H2,1-2H3/t10-,11+/m1/s1. The summed E-state index contributed by atoms with van der Waals surface area (Å²) in [5, 5.41) is 22.9. The Balaban J connectivity index is 2.53. The highest BCUT2D eigenvalue weighted by molar-refractivity contribution is 5.23. The maximum absolute atomic E-state index is 11.5. The van der Waals surface area contributed by atoms with Crippen LogP contribution >= 0.6 is 0 Å². The van der Waals surface area contributed by atoms with Gasteiger partial charge in [-0.2, -0.15) is 0 Å². The van der Waals surface area contributed by atoms with Gasteiger partial charge in [-0.05, 0) is 12.6 Å². The number of likely N-dealkylation sites (tertiary alicyclic amines) is 1. The fraction of sp³-hybridized carbons (Fsp3) is 0.818. The van der Waals surface area contributed by atoms with Crippen molar-refractivity contribution in [3.8, 4) is 0 Å². The van der Waals surface area contributed by atoms with E-state index in [0.29, 0.717) is 6.54 Å². The molecule has 0 aromatic carbocycles. The lowest BCUT2D eigenvalue weighted by molar-refractivity contribution is -0.624. The quantitative estimate of drug-likeness (QED) is 0.550. The second-order valence-corrected chi connectivity index (χ2v) is 5.23. The summed E-state index contributed by atoms with van der Waals surface area (Å²) in [6.07, 6.45) is 1.59. The van der Waals surface area contributed by atoms with Gasteiger partial charge in [-0.25, -0.2) is 0 Å². The number of ether oxygens (including phenoxy) is 1. The number of fused-ring (bicyclic) bond motifs is 2. The van der Waals surface area contributed by atoms with E-state index in [2.05, 4.69) is 0 Å². The molecule has 1 aliphatic carbocycles. The van der Waals surface area contributed by atoms with Crippen LogP contribution < -0.4 is 0 Å². The molecule has 8 nitrogen and oxygen atoms in total. The number of hydrogen-bond donors (Lipinski definition) is 0. The SMILES string of the molecule is CCN1C[C@@]2([N+](=O)[O-])CC=C(OC)[C@@]([N+](=O)[O-])(C1)C2. The molecule has 2 rings (SSSR count). The van der Waals surface area contributed by atoms with Crippen LogP contribution in [0.5, 0.6) is 0 Å². The summed E-state index contributed by atoms with van der Waals surface area (Å²) in [5.41, 5.74) is -2.77. The molecule has 0 radical (unpaired) electrons. The molecule has 106 valence electrons. The van der Waals surface area contributed by atoms with Gasteiger partial charge in [0.25, 0.3) is 5.54 Å². The molecule has 1 aliphatic heterocycles. The molecule has 8 heteroatoms. The van der Waals surface area contributed by atoms with E-state index in [1.165, 1.54) is 13.2 Å². The lowest BCUT2D eigenvalue weighted by atomic mass is 9.71. The molecule has 0 spiro atoms. The molecular weight excluding hydrogens is 254 g/mol. The lowest BCUT2D eigenvalue weighted by Crippen LogP contribution is -2.67. The molecular formula is C11H17N3O5. The van der Waals surface area contributed by atoms with Gasteiger partial charge in [0.15, 0.2) is 5.76 Å². The van der Waals surface area contributed by atoms with Gasteiger partial charge in [0.05, 0.1) is 26.6 Å². The Hall–Kier alpha value is -1.70. The minimum atomic E-state index is -1.49. The first-order valence-corrected chi connectivity index (χ1v) is 6.16. The van der Waals surface area contributed by atoms with Crippen molar-refractivity contribution in [1.82, 2.24) is 4.90 Å². The average molecular weight is 271 g/mol. The van der Waals surface area contributed by atoms with Crippen LogP contribution in [0.1, 0.15) is 19.8 Å². The van der Waals surface area contributed by atoms with Crippen molar-refractivity contribution in [1.29, 1.82) is 0 Å². The van der Waals surface area contributed by atoms with E-state index in [-0.39, 0.29) is 36.6 Å². The van der Waals surface area contributed by atoms with Gasteiger partial charge in [0, 0.05) is 16.3 Å². The van der Waals surface area contributed by atoms with Crippen LogP contribution in [0.4, 0.5) is 0 Å². The third kappa shape index (κ3) is 1.86. The summed E-state index contributed by atoms with van der Waals surface area (Å²) in [4.78, 5) is 23.9. The summed E-state index contributed by atoms with van der Waals surface area (Å²) >= 11 is 0. The molecule has 0 amide bonds. The Labute approximate surface area is 110 Å². The summed E-state index contributed by atoms with van der Waals surface area (Å²) in [6, 6.07) is 0. The molecule has 1 heterocycles. The zero-order valence-corrected chi connectivity index (χ0v) is 11.0. The van der Waals surface area contributed by atoms with E-state index in [1.807, 2.05) is 6.92 Å². The van der Waals surface area contributed by atoms with Gasteiger partial charge in [-0.1, -0.05) is 6.92 Å². The van der Waals surface area contributed by atoms with Crippen molar-refractivity contribution >= 4 is 0 Å². The molecule has 0 saturated carbocycles. The maximum atomic E-state index is 11.5. The molecule has 0 unspecified atom stereocenters. The number of piperidine rings is 1. The normalized spacial score (nSPS) is 34.5. The molecule has 0 N–H and O–H groups in total. The average Bonchev–Trinajstić information content (AvgIpc) is 2.38. The first-order chi connectivity index (χ1) is 8.90. The van der Waals surface area contributed by atoms with E-state index in [4.69, 9.17) is 4.74 Å². The van der Waals surface area contributed by atoms with Gasteiger partial charge >= 0.3 is 0 Å². The summed E-state index contributed by atoms with van der Waals surface area (Å²) in [6.45, 7) is 2.80. The number of nitrogens with zero attached hydrogens (tertiary/aromatic N) is 3. The summed E-state index contributed by atoms with van der Waals surface area (Å²) in [7, 11) is 1.38. The molecule has 2 aliphatic rings. The Morgan fingerprint density at radius 3 is 2.53 bits per heavy atom. The van der Waals surface area contributed by atoms with Gasteiger partial charge in [0.1, 0.15) is 0 Å². The molecule has 2 atom stereocenters. The van der Waals surface area contributed by atoms with Gasteiger partial charge in [-0.15, -0.1) is 0 Å². The molecule has 1 fully saturated rings. The van der Waals surface area contributed by atoms with E-state index < -0.39 is 16.0 Å².